The molecule has 26 heavy (non-hydrogen) atoms. The molecular weight excluding hydrogens is 343 g/mol. The van der Waals surface area contributed by atoms with Gasteiger partial charge in [-0.15, -0.1) is 5.10 Å². The molecule has 1 aromatic heterocycles. The first-order chi connectivity index (χ1) is 12.4. The lowest BCUT2D eigenvalue weighted by atomic mass is 10.0. The van der Waals surface area contributed by atoms with Gasteiger partial charge in [-0.1, -0.05) is 30.4 Å². The number of nitrogens with two attached hydrogens (primary N) is 1. The SMILES string of the molecule is N#Cc1n[nH]nc1-c1ccc(N)c(C=Cc2cccc(C(F)(F)F)c2)c1. The van der Waals surface area contributed by atoms with Gasteiger partial charge in [-0.05, 0) is 35.4 Å². The van der Waals surface area contributed by atoms with Crippen molar-refractivity contribution in [1.82, 2.24) is 15.4 Å². The third kappa shape index (κ3) is 3.57. The Morgan fingerprint density at radius 1 is 1.08 bits per heavy atom. The Hall–Kier alpha value is -3.60. The lowest BCUT2D eigenvalue weighted by molar-refractivity contribution is -0.137. The summed E-state index contributed by atoms with van der Waals surface area (Å²) in [7, 11) is 0. The van der Waals surface area contributed by atoms with Crippen molar-refractivity contribution in [3.63, 3.8) is 0 Å². The third-order valence-electron chi connectivity index (χ3n) is 3.68. The number of H-pyrrole nitrogens is 1. The number of hydrogen-bond donors (Lipinski definition) is 2. The molecule has 0 amide bonds. The van der Waals surface area contributed by atoms with Crippen LogP contribution >= 0.6 is 0 Å². The molecule has 0 saturated carbocycles. The van der Waals surface area contributed by atoms with Crippen molar-refractivity contribution >= 4 is 17.8 Å². The van der Waals surface area contributed by atoms with Crippen molar-refractivity contribution in [2.45, 2.75) is 6.18 Å². The van der Waals surface area contributed by atoms with Crippen molar-refractivity contribution in [2.75, 3.05) is 5.73 Å². The van der Waals surface area contributed by atoms with E-state index < -0.39 is 11.7 Å². The number of nitrogen functional groups attached to an aromatic ring is 1. The Labute approximate surface area is 146 Å². The third-order valence-corrected chi connectivity index (χ3v) is 3.68. The largest absolute Gasteiger partial charge is 0.416 e. The van der Waals surface area contributed by atoms with Crippen LogP contribution in [0, 0.1) is 11.3 Å². The van der Waals surface area contributed by atoms with Gasteiger partial charge in [0.2, 0.25) is 0 Å². The number of halogens is 3. The fraction of sp³-hybridized carbons (Fsp3) is 0.0556. The number of alkyl halides is 3. The number of rotatable bonds is 3. The molecule has 0 spiro atoms. The molecular formula is C18H12F3N5. The standard InChI is InChI=1S/C18H12F3N5/c19-18(20,21)14-3-1-2-11(8-14)4-5-12-9-13(6-7-15(12)23)17-16(10-22)24-26-25-17/h1-9H,23H2,(H,24,25,26). The van der Waals surface area contributed by atoms with Crippen LogP contribution < -0.4 is 5.73 Å². The van der Waals surface area contributed by atoms with Crippen LogP contribution in [-0.2, 0) is 6.18 Å². The number of nitrogens with one attached hydrogen (secondary N) is 1. The van der Waals surface area contributed by atoms with E-state index in [9.17, 15) is 13.2 Å². The first-order valence-electron chi connectivity index (χ1n) is 7.44. The second-order valence-corrected chi connectivity index (χ2v) is 5.43. The molecule has 0 aliphatic rings. The van der Waals surface area contributed by atoms with Crippen molar-refractivity contribution < 1.29 is 13.2 Å². The van der Waals surface area contributed by atoms with Gasteiger partial charge >= 0.3 is 6.18 Å². The van der Waals surface area contributed by atoms with Crippen LogP contribution in [0.1, 0.15) is 22.4 Å². The van der Waals surface area contributed by atoms with Crippen LogP contribution in [0.2, 0.25) is 0 Å². The highest BCUT2D eigenvalue weighted by atomic mass is 19.4. The van der Waals surface area contributed by atoms with Gasteiger partial charge in [0.05, 0.1) is 5.56 Å². The molecule has 2 aromatic carbocycles. The van der Waals surface area contributed by atoms with E-state index >= 15 is 0 Å². The second kappa shape index (κ2) is 6.72. The predicted octanol–water partition coefficient (Wildman–Crippen LogP) is 4.11. The second-order valence-electron chi connectivity index (χ2n) is 5.43. The van der Waals surface area contributed by atoms with Gasteiger partial charge < -0.3 is 5.73 Å². The normalized spacial score (nSPS) is 11.6. The van der Waals surface area contributed by atoms with Crippen LogP contribution in [0.5, 0.6) is 0 Å². The van der Waals surface area contributed by atoms with Crippen molar-refractivity contribution in [3.05, 3.63) is 64.8 Å². The fourth-order valence-electron chi connectivity index (χ4n) is 2.38. The highest BCUT2D eigenvalue weighted by Gasteiger charge is 2.30. The minimum atomic E-state index is -4.40. The predicted molar refractivity (Wildman–Crippen MR) is 91.3 cm³/mol. The van der Waals surface area contributed by atoms with Crippen molar-refractivity contribution in [3.8, 4) is 17.3 Å². The summed E-state index contributed by atoms with van der Waals surface area (Å²) in [6, 6.07) is 11.9. The molecule has 0 bridgehead atoms. The van der Waals surface area contributed by atoms with E-state index in [1.54, 1.807) is 36.4 Å². The first-order valence-corrected chi connectivity index (χ1v) is 7.44. The van der Waals surface area contributed by atoms with Crippen LogP contribution in [0.15, 0.2) is 42.5 Å². The highest BCUT2D eigenvalue weighted by Crippen LogP contribution is 2.30. The number of aromatic nitrogens is 3. The molecule has 130 valence electrons. The molecule has 3 N–H and O–H groups in total. The Morgan fingerprint density at radius 2 is 1.88 bits per heavy atom. The van der Waals surface area contributed by atoms with E-state index in [0.717, 1.165) is 12.1 Å². The number of nitriles is 1. The Kier molecular flexibility index (Phi) is 4.45. The quantitative estimate of drug-likeness (QED) is 0.546. The zero-order chi connectivity index (χ0) is 18.7. The first kappa shape index (κ1) is 17.2. The summed E-state index contributed by atoms with van der Waals surface area (Å²) in [6.07, 6.45) is -1.25. The average molecular weight is 355 g/mol. The number of hydrogen-bond acceptors (Lipinski definition) is 4. The zero-order valence-corrected chi connectivity index (χ0v) is 13.2. The van der Waals surface area contributed by atoms with Crippen LogP contribution in [0.4, 0.5) is 18.9 Å². The van der Waals surface area contributed by atoms with E-state index in [1.807, 2.05) is 6.07 Å². The van der Waals surface area contributed by atoms with Gasteiger partial charge in [0.15, 0.2) is 5.69 Å². The van der Waals surface area contributed by atoms with Gasteiger partial charge in [-0.2, -0.15) is 28.7 Å². The summed E-state index contributed by atoms with van der Waals surface area (Å²) in [5.41, 5.74) is 7.78. The molecule has 8 heteroatoms. The number of nitrogens with zero attached hydrogens (tertiary/aromatic N) is 3. The lowest BCUT2D eigenvalue weighted by Crippen LogP contribution is -2.04. The van der Waals surface area contributed by atoms with E-state index in [4.69, 9.17) is 11.0 Å². The summed E-state index contributed by atoms with van der Waals surface area (Å²) in [5, 5.41) is 19.1. The van der Waals surface area contributed by atoms with Crippen LogP contribution in [0.25, 0.3) is 23.4 Å². The summed E-state index contributed by atoms with van der Waals surface area (Å²) in [6.45, 7) is 0. The zero-order valence-electron chi connectivity index (χ0n) is 13.2. The molecule has 3 rings (SSSR count). The monoisotopic (exact) mass is 355 g/mol. The van der Waals surface area contributed by atoms with Crippen LogP contribution in [-0.4, -0.2) is 15.4 Å². The van der Waals surface area contributed by atoms with Gasteiger partial charge in [-0.3, -0.25) is 0 Å². The molecule has 0 atom stereocenters. The summed E-state index contributed by atoms with van der Waals surface area (Å²) in [4.78, 5) is 0. The lowest BCUT2D eigenvalue weighted by Gasteiger charge is -2.07. The van der Waals surface area contributed by atoms with Crippen LogP contribution in [0.3, 0.4) is 0 Å². The highest BCUT2D eigenvalue weighted by molar-refractivity contribution is 5.79. The Morgan fingerprint density at radius 3 is 2.62 bits per heavy atom. The summed E-state index contributed by atoms with van der Waals surface area (Å²) < 4.78 is 38.4. The van der Waals surface area contributed by atoms with Crippen molar-refractivity contribution in [1.29, 1.82) is 5.26 Å². The maximum atomic E-state index is 12.8. The topological polar surface area (TPSA) is 91.4 Å². The van der Waals surface area contributed by atoms with E-state index in [1.165, 1.54) is 6.07 Å². The fourth-order valence-corrected chi connectivity index (χ4v) is 2.38. The van der Waals surface area contributed by atoms with E-state index in [0.29, 0.717) is 28.1 Å². The maximum absolute atomic E-state index is 12.8. The van der Waals surface area contributed by atoms with Gasteiger partial charge in [0, 0.05) is 11.3 Å². The molecule has 3 aromatic rings. The molecule has 1 heterocycles. The number of benzene rings is 2. The van der Waals surface area contributed by atoms with E-state index in [-0.39, 0.29) is 5.69 Å². The minimum absolute atomic E-state index is 0.141. The maximum Gasteiger partial charge on any atom is 0.416 e. The van der Waals surface area contributed by atoms with Gasteiger partial charge in [-0.25, -0.2) is 0 Å². The molecule has 0 unspecified atom stereocenters. The summed E-state index contributed by atoms with van der Waals surface area (Å²) in [5.74, 6) is 0. The molecule has 0 saturated heterocycles. The molecule has 0 fully saturated rings. The molecule has 0 radical (unpaired) electrons. The molecule has 0 aliphatic carbocycles. The Balaban J connectivity index is 1.94. The minimum Gasteiger partial charge on any atom is -0.398 e. The molecule has 5 nitrogen and oxygen atoms in total. The van der Waals surface area contributed by atoms with Gasteiger partial charge in [0.1, 0.15) is 11.8 Å². The van der Waals surface area contributed by atoms with E-state index in [2.05, 4.69) is 15.4 Å². The number of anilines is 1. The average Bonchev–Trinajstić information content (AvgIpc) is 3.09. The molecule has 0 aliphatic heterocycles. The van der Waals surface area contributed by atoms with Gasteiger partial charge in [0.25, 0.3) is 0 Å². The Bertz CT molecular complexity index is 1010. The number of aromatic amines is 1. The summed E-state index contributed by atoms with van der Waals surface area (Å²) >= 11 is 0. The van der Waals surface area contributed by atoms with Crippen molar-refractivity contribution in [2.24, 2.45) is 0 Å². The smallest absolute Gasteiger partial charge is 0.398 e.